The van der Waals surface area contributed by atoms with E-state index in [1.54, 1.807) is 20.3 Å². The number of halogens is 1. The Morgan fingerprint density at radius 1 is 1.00 bits per heavy atom. The molecule has 4 aromatic rings. The fourth-order valence-corrected chi connectivity index (χ4v) is 5.48. The Hall–Kier alpha value is -4.08. The Kier molecular flexibility index (Phi) is 8.23. The molecule has 1 fully saturated rings. The van der Waals surface area contributed by atoms with Gasteiger partial charge in [-0.2, -0.15) is 0 Å². The number of fused-ring (bicyclic) bond motifs is 1. The van der Waals surface area contributed by atoms with Gasteiger partial charge < -0.3 is 31.2 Å². The molecule has 0 amide bonds. The van der Waals surface area contributed by atoms with E-state index in [1.807, 2.05) is 36.4 Å². The Labute approximate surface area is 239 Å². The Morgan fingerprint density at radius 2 is 1.73 bits per heavy atom. The summed E-state index contributed by atoms with van der Waals surface area (Å²) in [6.07, 6.45) is 1.82. The maximum Gasteiger partial charge on any atom is 0.196 e. The maximum absolute atomic E-state index is 6.40. The zero-order chi connectivity index (χ0) is 28.1. The van der Waals surface area contributed by atoms with E-state index in [1.165, 1.54) is 5.56 Å². The zero-order valence-corrected chi connectivity index (χ0v) is 23.5. The number of piperidine rings is 1. The van der Waals surface area contributed by atoms with Gasteiger partial charge in [0.1, 0.15) is 11.6 Å². The maximum atomic E-state index is 6.40. The van der Waals surface area contributed by atoms with Gasteiger partial charge in [0.2, 0.25) is 0 Å². The Morgan fingerprint density at radius 3 is 2.42 bits per heavy atom. The van der Waals surface area contributed by atoms with Crippen LogP contribution >= 0.6 is 11.6 Å². The van der Waals surface area contributed by atoms with Crippen molar-refractivity contribution in [3.8, 4) is 11.5 Å². The molecular formula is C30H34ClN7O2. The van der Waals surface area contributed by atoms with Gasteiger partial charge in [-0.05, 0) is 42.7 Å². The van der Waals surface area contributed by atoms with Crippen molar-refractivity contribution in [1.29, 1.82) is 0 Å². The van der Waals surface area contributed by atoms with Crippen LogP contribution in [0.4, 0.5) is 11.5 Å². The molecular weight excluding hydrogens is 526 g/mol. The number of nitrogens with one attached hydrogen (secondary N) is 1. The van der Waals surface area contributed by atoms with Gasteiger partial charge in [-0.1, -0.05) is 48.0 Å². The number of hydrogen-bond acceptors (Lipinski definition) is 7. The summed E-state index contributed by atoms with van der Waals surface area (Å²) in [6.45, 7) is 2.80. The Balaban J connectivity index is 1.31. The first-order valence-corrected chi connectivity index (χ1v) is 13.6. The minimum atomic E-state index is -0.0763. The van der Waals surface area contributed by atoms with Crippen LogP contribution in [0.3, 0.4) is 0 Å². The number of aromatic nitrogens is 2. The number of nitrogens with two attached hydrogens (primary N) is 2. The van der Waals surface area contributed by atoms with Gasteiger partial charge in [0.25, 0.3) is 0 Å². The molecule has 0 radical (unpaired) electrons. The van der Waals surface area contributed by atoms with Crippen molar-refractivity contribution in [3.63, 3.8) is 0 Å². The third kappa shape index (κ3) is 5.90. The summed E-state index contributed by atoms with van der Waals surface area (Å²) >= 11 is 6.12. The molecule has 0 saturated carbocycles. The van der Waals surface area contributed by atoms with Gasteiger partial charge in [-0.15, -0.1) is 0 Å². The van der Waals surface area contributed by atoms with Gasteiger partial charge in [0.05, 0.1) is 32.0 Å². The van der Waals surface area contributed by atoms with Crippen LogP contribution in [0.1, 0.15) is 24.2 Å². The van der Waals surface area contributed by atoms with Crippen LogP contribution in [-0.4, -0.2) is 54.7 Å². The SMILES string of the molecule is COc1cc2nc(CNCC3(c4ccccc4)CCN(C(N)=Nc4cccc(Cl)c4)CC3)nc(N)c2cc1OC. The van der Waals surface area contributed by atoms with E-state index in [2.05, 4.69) is 44.5 Å². The smallest absolute Gasteiger partial charge is 0.196 e. The normalized spacial score (nSPS) is 15.3. The summed E-state index contributed by atoms with van der Waals surface area (Å²) in [6, 6.07) is 21.7. The third-order valence-electron chi connectivity index (χ3n) is 7.51. The minimum Gasteiger partial charge on any atom is -0.493 e. The van der Waals surface area contributed by atoms with Crippen molar-refractivity contribution in [1.82, 2.24) is 20.2 Å². The second-order valence-corrected chi connectivity index (χ2v) is 10.4. The van der Waals surface area contributed by atoms with Crippen LogP contribution in [0, 0.1) is 0 Å². The van der Waals surface area contributed by atoms with Crippen molar-refractivity contribution in [2.75, 3.05) is 39.6 Å². The highest BCUT2D eigenvalue weighted by Crippen LogP contribution is 2.36. The lowest BCUT2D eigenvalue weighted by Crippen LogP contribution is -2.51. The number of likely N-dealkylation sites (tertiary alicyclic amines) is 1. The van der Waals surface area contributed by atoms with Crippen molar-refractivity contribution >= 4 is 40.0 Å². The van der Waals surface area contributed by atoms with Crippen LogP contribution < -0.4 is 26.3 Å². The predicted molar refractivity (Wildman–Crippen MR) is 160 cm³/mol. The first kappa shape index (κ1) is 27.5. The van der Waals surface area contributed by atoms with Gasteiger partial charge in [0, 0.05) is 41.5 Å². The van der Waals surface area contributed by atoms with Gasteiger partial charge >= 0.3 is 0 Å². The van der Waals surface area contributed by atoms with Gasteiger partial charge in [-0.3, -0.25) is 0 Å². The fourth-order valence-electron chi connectivity index (χ4n) is 5.29. The summed E-state index contributed by atoms with van der Waals surface area (Å²) in [5.74, 6) is 2.72. The van der Waals surface area contributed by atoms with E-state index in [0.717, 1.165) is 43.5 Å². The second kappa shape index (κ2) is 12.0. The molecule has 10 heteroatoms. The lowest BCUT2D eigenvalue weighted by atomic mass is 9.72. The Bertz CT molecular complexity index is 1510. The first-order chi connectivity index (χ1) is 19.4. The zero-order valence-electron chi connectivity index (χ0n) is 22.7. The van der Waals surface area contributed by atoms with E-state index >= 15 is 0 Å². The number of guanidine groups is 1. The van der Waals surface area contributed by atoms with Crippen LogP contribution in [0.25, 0.3) is 10.9 Å². The molecule has 5 N–H and O–H groups in total. The van der Waals surface area contributed by atoms with Crippen molar-refractivity contribution < 1.29 is 9.47 Å². The number of rotatable bonds is 8. The summed E-state index contributed by atoms with van der Waals surface area (Å²) in [4.78, 5) is 16.0. The lowest BCUT2D eigenvalue weighted by Gasteiger charge is -2.43. The summed E-state index contributed by atoms with van der Waals surface area (Å²) in [7, 11) is 3.19. The molecule has 0 aliphatic carbocycles. The number of ether oxygens (including phenoxy) is 2. The van der Waals surface area contributed by atoms with E-state index in [9.17, 15) is 0 Å². The summed E-state index contributed by atoms with van der Waals surface area (Å²) in [5.41, 5.74) is 15.4. The molecule has 1 aliphatic rings. The van der Waals surface area contributed by atoms with Crippen molar-refractivity contribution in [2.24, 2.45) is 10.7 Å². The predicted octanol–water partition coefficient (Wildman–Crippen LogP) is 4.65. The largest absolute Gasteiger partial charge is 0.493 e. The van der Waals surface area contributed by atoms with E-state index in [4.69, 9.17) is 37.5 Å². The first-order valence-electron chi connectivity index (χ1n) is 13.2. The number of nitrogen functional groups attached to an aromatic ring is 1. The molecule has 9 nitrogen and oxygen atoms in total. The molecule has 208 valence electrons. The van der Waals surface area contributed by atoms with Crippen LogP contribution in [0.5, 0.6) is 11.5 Å². The molecule has 3 aromatic carbocycles. The average molecular weight is 560 g/mol. The minimum absolute atomic E-state index is 0.0763. The average Bonchev–Trinajstić information content (AvgIpc) is 2.97. The highest BCUT2D eigenvalue weighted by atomic mass is 35.5. The van der Waals surface area contributed by atoms with E-state index in [-0.39, 0.29) is 5.41 Å². The van der Waals surface area contributed by atoms with Crippen LogP contribution in [0.15, 0.2) is 71.7 Å². The third-order valence-corrected chi connectivity index (χ3v) is 7.74. The van der Waals surface area contributed by atoms with Crippen molar-refractivity contribution in [2.45, 2.75) is 24.8 Å². The number of methoxy groups -OCH3 is 2. The fraction of sp³-hybridized carbons (Fsp3) is 0.300. The number of hydrogen-bond donors (Lipinski definition) is 3. The summed E-state index contributed by atoms with van der Waals surface area (Å²) in [5, 5.41) is 4.98. The second-order valence-electron chi connectivity index (χ2n) is 9.94. The lowest BCUT2D eigenvalue weighted by molar-refractivity contribution is 0.216. The quantitative estimate of drug-likeness (QED) is 0.210. The molecule has 0 unspecified atom stereocenters. The number of nitrogens with zero attached hydrogens (tertiary/aromatic N) is 4. The van der Waals surface area contributed by atoms with E-state index < -0.39 is 0 Å². The van der Waals surface area contributed by atoms with Crippen molar-refractivity contribution in [3.05, 3.63) is 83.1 Å². The molecule has 1 aliphatic heterocycles. The van der Waals surface area contributed by atoms with E-state index in [0.29, 0.717) is 46.2 Å². The number of benzene rings is 3. The molecule has 40 heavy (non-hydrogen) atoms. The monoisotopic (exact) mass is 559 g/mol. The molecule has 1 aromatic heterocycles. The highest BCUT2D eigenvalue weighted by molar-refractivity contribution is 6.30. The van der Waals surface area contributed by atoms with Gasteiger partial charge in [0.15, 0.2) is 17.5 Å². The number of anilines is 1. The molecule has 5 rings (SSSR count). The van der Waals surface area contributed by atoms with Crippen LogP contribution in [0.2, 0.25) is 5.02 Å². The van der Waals surface area contributed by atoms with Crippen LogP contribution in [-0.2, 0) is 12.0 Å². The highest BCUT2D eigenvalue weighted by Gasteiger charge is 2.36. The molecule has 2 heterocycles. The summed E-state index contributed by atoms with van der Waals surface area (Å²) < 4.78 is 10.8. The molecule has 0 bridgehead atoms. The topological polar surface area (TPSA) is 124 Å². The molecule has 0 spiro atoms. The standard InChI is InChI=1S/C30H34ClN7O2/c1-39-25-16-23-24(17-26(25)40-2)36-27(37-28(23)32)18-34-19-30(20-7-4-3-5-8-20)11-13-38(14-12-30)29(33)35-22-10-6-9-21(31)15-22/h3-10,15-17,34H,11-14,18-19H2,1-2H3,(H2,33,35)(H2,32,36,37). The molecule has 1 saturated heterocycles. The molecule has 0 atom stereocenters. The number of aliphatic imine (C=N–C) groups is 1. The van der Waals surface area contributed by atoms with Gasteiger partial charge in [-0.25, -0.2) is 15.0 Å².